The maximum Gasteiger partial charge on any atom is 0.134 e. The summed E-state index contributed by atoms with van der Waals surface area (Å²) >= 11 is 0. The van der Waals surface area contributed by atoms with Crippen molar-refractivity contribution in [1.29, 1.82) is 0 Å². The van der Waals surface area contributed by atoms with Gasteiger partial charge in [-0.15, -0.1) is 0 Å². The summed E-state index contributed by atoms with van der Waals surface area (Å²) in [5.41, 5.74) is 0.981. The number of hydrogen-bond donors (Lipinski definition) is 1. The first-order valence-electron chi connectivity index (χ1n) is 3.94. The van der Waals surface area contributed by atoms with Gasteiger partial charge in [-0.3, -0.25) is 15.1 Å². The van der Waals surface area contributed by atoms with Crippen LogP contribution in [0.5, 0.6) is 0 Å². The van der Waals surface area contributed by atoms with Gasteiger partial charge in [0.15, 0.2) is 0 Å². The van der Waals surface area contributed by atoms with Gasteiger partial charge in [0.2, 0.25) is 0 Å². The molecular weight excluding hydrogens is 154 g/mol. The van der Waals surface area contributed by atoms with E-state index in [1.807, 2.05) is 19.1 Å². The van der Waals surface area contributed by atoms with Gasteiger partial charge in [0.05, 0.1) is 18.6 Å². The van der Waals surface area contributed by atoms with Crippen molar-refractivity contribution < 1.29 is 4.84 Å². The molecular formula is C8H11N3O. The predicted octanol–water partition coefficient (Wildman–Crippen LogP) is 0.726. The molecule has 0 aromatic carbocycles. The number of nitrogens with one attached hydrogen (secondary N) is 1. The van der Waals surface area contributed by atoms with Gasteiger partial charge in [-0.1, -0.05) is 0 Å². The molecule has 1 saturated heterocycles. The first-order chi connectivity index (χ1) is 5.86. The summed E-state index contributed by atoms with van der Waals surface area (Å²) in [6.07, 6.45) is 3.61. The lowest BCUT2D eigenvalue weighted by atomic mass is 10.4. The van der Waals surface area contributed by atoms with Crippen LogP contribution in [0.3, 0.4) is 0 Å². The van der Waals surface area contributed by atoms with Crippen LogP contribution in [0.1, 0.15) is 6.92 Å². The Balaban J connectivity index is 2.11. The third-order valence-electron chi connectivity index (χ3n) is 1.74. The molecule has 2 rings (SSSR count). The Hall–Kier alpha value is -1.13. The second-order valence-corrected chi connectivity index (χ2v) is 2.70. The summed E-state index contributed by atoms with van der Waals surface area (Å²) in [5, 5.41) is 4.93. The molecule has 1 unspecified atom stereocenters. The van der Waals surface area contributed by atoms with Gasteiger partial charge in [0.1, 0.15) is 6.23 Å². The highest BCUT2D eigenvalue weighted by Gasteiger charge is 2.18. The van der Waals surface area contributed by atoms with E-state index in [1.54, 1.807) is 17.5 Å². The summed E-state index contributed by atoms with van der Waals surface area (Å²) in [5.74, 6) is 0. The van der Waals surface area contributed by atoms with Gasteiger partial charge in [-0.05, 0) is 19.1 Å². The van der Waals surface area contributed by atoms with E-state index >= 15 is 0 Å². The number of aromatic nitrogens is 1. The Morgan fingerprint density at radius 2 is 2.67 bits per heavy atom. The van der Waals surface area contributed by atoms with Crippen molar-refractivity contribution in [1.82, 2.24) is 10.3 Å². The van der Waals surface area contributed by atoms with Crippen molar-refractivity contribution in [2.75, 3.05) is 11.7 Å². The predicted molar refractivity (Wildman–Crippen MR) is 45.3 cm³/mol. The molecule has 0 spiro atoms. The Morgan fingerprint density at radius 1 is 1.75 bits per heavy atom. The normalized spacial score (nSPS) is 23.1. The molecule has 1 aromatic heterocycles. The first-order valence-corrected chi connectivity index (χ1v) is 3.94. The van der Waals surface area contributed by atoms with Crippen LogP contribution in [0, 0.1) is 0 Å². The highest BCUT2D eigenvalue weighted by Crippen LogP contribution is 2.15. The minimum Gasteiger partial charge on any atom is -0.271 e. The molecule has 4 heteroatoms. The summed E-state index contributed by atoms with van der Waals surface area (Å²) in [6, 6.07) is 3.86. The SMILES string of the molecule is CC1NCN(c2cccnc2)O1. The molecule has 1 N–H and O–H groups in total. The van der Waals surface area contributed by atoms with E-state index in [1.165, 1.54) is 0 Å². The van der Waals surface area contributed by atoms with E-state index in [-0.39, 0.29) is 6.23 Å². The zero-order valence-electron chi connectivity index (χ0n) is 6.90. The minimum absolute atomic E-state index is 0.0882. The molecule has 1 aromatic rings. The standard InChI is InChI=1S/C8H11N3O/c1-7-10-6-11(12-7)8-3-2-4-9-5-8/h2-5,7,10H,6H2,1H3. The fraction of sp³-hybridized carbons (Fsp3) is 0.375. The van der Waals surface area contributed by atoms with Gasteiger partial charge < -0.3 is 0 Å². The van der Waals surface area contributed by atoms with Crippen molar-refractivity contribution in [3.05, 3.63) is 24.5 Å². The van der Waals surface area contributed by atoms with Crippen LogP contribution < -0.4 is 10.4 Å². The van der Waals surface area contributed by atoms with Crippen LogP contribution in [0.25, 0.3) is 0 Å². The molecule has 4 nitrogen and oxygen atoms in total. The lowest BCUT2D eigenvalue weighted by Crippen LogP contribution is -2.20. The Kier molecular flexibility index (Phi) is 1.93. The number of nitrogens with zero attached hydrogens (tertiary/aromatic N) is 2. The summed E-state index contributed by atoms with van der Waals surface area (Å²) in [6.45, 7) is 2.68. The summed E-state index contributed by atoms with van der Waals surface area (Å²) < 4.78 is 0. The average Bonchev–Trinajstić information content (AvgIpc) is 2.54. The molecule has 1 atom stereocenters. The fourth-order valence-corrected chi connectivity index (χ4v) is 1.13. The molecule has 1 fully saturated rings. The summed E-state index contributed by atoms with van der Waals surface area (Å²) in [7, 11) is 0. The van der Waals surface area contributed by atoms with E-state index in [2.05, 4.69) is 10.3 Å². The van der Waals surface area contributed by atoms with Crippen LogP contribution in [0.15, 0.2) is 24.5 Å². The van der Waals surface area contributed by atoms with Gasteiger partial charge in [0.25, 0.3) is 0 Å². The van der Waals surface area contributed by atoms with E-state index < -0.39 is 0 Å². The topological polar surface area (TPSA) is 37.4 Å². The third-order valence-corrected chi connectivity index (χ3v) is 1.74. The second-order valence-electron chi connectivity index (χ2n) is 2.70. The molecule has 0 amide bonds. The maximum atomic E-state index is 5.43. The van der Waals surface area contributed by atoms with E-state index in [0.29, 0.717) is 6.67 Å². The monoisotopic (exact) mass is 165 g/mol. The van der Waals surface area contributed by atoms with Crippen molar-refractivity contribution >= 4 is 5.69 Å². The van der Waals surface area contributed by atoms with Crippen molar-refractivity contribution in [3.63, 3.8) is 0 Å². The van der Waals surface area contributed by atoms with Crippen LogP contribution in [-0.2, 0) is 4.84 Å². The van der Waals surface area contributed by atoms with Gasteiger partial charge in [-0.25, -0.2) is 5.06 Å². The van der Waals surface area contributed by atoms with Crippen molar-refractivity contribution in [3.8, 4) is 0 Å². The zero-order chi connectivity index (χ0) is 8.39. The number of hydrogen-bond acceptors (Lipinski definition) is 4. The van der Waals surface area contributed by atoms with Gasteiger partial charge in [0, 0.05) is 6.20 Å². The van der Waals surface area contributed by atoms with Crippen LogP contribution in [-0.4, -0.2) is 17.9 Å². The number of anilines is 1. The Bertz CT molecular complexity index is 252. The molecule has 0 saturated carbocycles. The highest BCUT2D eigenvalue weighted by atomic mass is 16.7. The van der Waals surface area contributed by atoms with E-state index in [9.17, 15) is 0 Å². The van der Waals surface area contributed by atoms with Gasteiger partial charge in [-0.2, -0.15) is 0 Å². The quantitative estimate of drug-likeness (QED) is 0.665. The number of hydroxylamine groups is 1. The van der Waals surface area contributed by atoms with E-state index in [0.717, 1.165) is 5.69 Å². The second kappa shape index (κ2) is 3.08. The maximum absolute atomic E-state index is 5.43. The molecule has 0 radical (unpaired) electrons. The molecule has 2 heterocycles. The minimum atomic E-state index is 0.0882. The van der Waals surface area contributed by atoms with Gasteiger partial charge >= 0.3 is 0 Å². The zero-order valence-corrected chi connectivity index (χ0v) is 6.90. The fourth-order valence-electron chi connectivity index (χ4n) is 1.13. The largest absolute Gasteiger partial charge is 0.271 e. The summed E-state index contributed by atoms with van der Waals surface area (Å²) in [4.78, 5) is 9.43. The highest BCUT2D eigenvalue weighted by molar-refractivity contribution is 5.40. The van der Waals surface area contributed by atoms with Crippen molar-refractivity contribution in [2.45, 2.75) is 13.2 Å². The number of rotatable bonds is 1. The molecule has 12 heavy (non-hydrogen) atoms. The lowest BCUT2D eigenvalue weighted by Gasteiger charge is -2.14. The average molecular weight is 165 g/mol. The smallest absolute Gasteiger partial charge is 0.134 e. The first kappa shape index (κ1) is 7.52. The molecule has 1 aliphatic rings. The molecule has 0 bridgehead atoms. The molecule has 64 valence electrons. The third kappa shape index (κ3) is 1.39. The Labute approximate surface area is 71.1 Å². The molecule has 1 aliphatic heterocycles. The molecule has 0 aliphatic carbocycles. The van der Waals surface area contributed by atoms with Crippen LogP contribution in [0.2, 0.25) is 0 Å². The Morgan fingerprint density at radius 3 is 3.25 bits per heavy atom. The van der Waals surface area contributed by atoms with Crippen LogP contribution in [0.4, 0.5) is 5.69 Å². The lowest BCUT2D eigenvalue weighted by molar-refractivity contribution is 0.0924. The van der Waals surface area contributed by atoms with E-state index in [4.69, 9.17) is 4.84 Å². The number of pyridine rings is 1. The van der Waals surface area contributed by atoms with Crippen LogP contribution >= 0.6 is 0 Å². The van der Waals surface area contributed by atoms with Crippen molar-refractivity contribution in [2.24, 2.45) is 0 Å².